The van der Waals surface area contributed by atoms with Crippen LogP contribution in [0, 0.1) is 0 Å². The standard InChI is InChI=1S/C26H32N6O4/c1-26(2,3)17-10-12-18(13-11-17)28-20(33)9-6-14-32-21-22(30(4)25(35)31(5)23(21)34)29-24(32)27-16-19-8-7-15-36-19/h7-8,10-13,15H,6,9,14,16H2,1-5H3,(H,27,29)(H,28,33). The molecular formula is C26H32N6O4. The number of imidazole rings is 1. The summed E-state index contributed by atoms with van der Waals surface area (Å²) in [7, 11) is 3.02. The molecule has 4 aromatic rings. The molecule has 0 radical (unpaired) electrons. The zero-order valence-corrected chi connectivity index (χ0v) is 21.3. The first kappa shape index (κ1) is 25.0. The maximum absolute atomic E-state index is 13.0. The molecule has 0 saturated carbocycles. The molecule has 1 amide bonds. The Hall–Kier alpha value is -4.08. The number of hydrogen-bond acceptors (Lipinski definition) is 6. The van der Waals surface area contributed by atoms with Crippen molar-refractivity contribution in [2.45, 2.75) is 52.1 Å². The summed E-state index contributed by atoms with van der Waals surface area (Å²) in [6.45, 7) is 7.15. The maximum Gasteiger partial charge on any atom is 0.332 e. The van der Waals surface area contributed by atoms with Gasteiger partial charge in [-0.15, -0.1) is 0 Å². The van der Waals surface area contributed by atoms with Crippen LogP contribution in [-0.2, 0) is 37.4 Å². The van der Waals surface area contributed by atoms with Gasteiger partial charge in [-0.25, -0.2) is 4.79 Å². The lowest BCUT2D eigenvalue weighted by Gasteiger charge is -2.19. The Labute approximate surface area is 208 Å². The second-order valence-electron chi connectivity index (χ2n) is 9.88. The lowest BCUT2D eigenvalue weighted by Crippen LogP contribution is -2.37. The molecule has 0 bridgehead atoms. The zero-order chi connectivity index (χ0) is 26.0. The molecule has 190 valence electrons. The quantitative estimate of drug-likeness (QED) is 0.390. The van der Waals surface area contributed by atoms with E-state index in [9.17, 15) is 14.4 Å². The molecule has 36 heavy (non-hydrogen) atoms. The number of hydrogen-bond donors (Lipinski definition) is 2. The molecular weight excluding hydrogens is 460 g/mol. The van der Waals surface area contributed by atoms with Crippen LogP contribution in [0.4, 0.5) is 11.6 Å². The predicted octanol–water partition coefficient (Wildman–Crippen LogP) is 3.36. The van der Waals surface area contributed by atoms with Crippen LogP contribution in [0.15, 0.2) is 56.7 Å². The van der Waals surface area contributed by atoms with Gasteiger partial charge < -0.3 is 19.6 Å². The van der Waals surface area contributed by atoms with E-state index >= 15 is 0 Å². The summed E-state index contributed by atoms with van der Waals surface area (Å²) in [5.41, 5.74) is 1.68. The highest BCUT2D eigenvalue weighted by atomic mass is 16.3. The van der Waals surface area contributed by atoms with E-state index in [0.29, 0.717) is 36.7 Å². The van der Waals surface area contributed by atoms with Gasteiger partial charge in [0.05, 0.1) is 12.8 Å². The van der Waals surface area contributed by atoms with E-state index in [2.05, 4.69) is 36.4 Å². The normalized spacial score (nSPS) is 11.7. The third-order valence-corrected chi connectivity index (χ3v) is 6.17. The van der Waals surface area contributed by atoms with E-state index in [0.717, 1.165) is 10.3 Å². The third kappa shape index (κ3) is 5.12. The summed E-state index contributed by atoms with van der Waals surface area (Å²) in [5.74, 6) is 1.01. The Balaban J connectivity index is 1.51. The predicted molar refractivity (Wildman–Crippen MR) is 139 cm³/mol. The smallest absolute Gasteiger partial charge is 0.332 e. The monoisotopic (exact) mass is 492 g/mol. The summed E-state index contributed by atoms with van der Waals surface area (Å²) in [6, 6.07) is 11.5. The second-order valence-corrected chi connectivity index (χ2v) is 9.88. The molecule has 0 aliphatic rings. The Morgan fingerprint density at radius 3 is 2.42 bits per heavy atom. The molecule has 0 aliphatic carbocycles. The molecule has 3 aromatic heterocycles. The number of carbonyl (C=O) groups is 1. The van der Waals surface area contributed by atoms with Gasteiger partial charge in [0, 0.05) is 32.7 Å². The summed E-state index contributed by atoms with van der Waals surface area (Å²) < 4.78 is 9.51. The fraction of sp³-hybridized carbons (Fsp3) is 0.385. The van der Waals surface area contributed by atoms with E-state index in [-0.39, 0.29) is 23.4 Å². The first-order valence-electron chi connectivity index (χ1n) is 11.9. The maximum atomic E-state index is 13.0. The Morgan fingerprint density at radius 2 is 1.78 bits per heavy atom. The number of aryl methyl sites for hydroxylation is 2. The van der Waals surface area contributed by atoms with Gasteiger partial charge in [0.15, 0.2) is 11.2 Å². The number of benzene rings is 1. The number of furan rings is 1. The topological polar surface area (TPSA) is 116 Å². The van der Waals surface area contributed by atoms with Crippen molar-refractivity contribution in [3.63, 3.8) is 0 Å². The van der Waals surface area contributed by atoms with E-state index in [4.69, 9.17) is 4.42 Å². The Kier molecular flexibility index (Phi) is 6.87. The Bertz CT molecular complexity index is 1490. The van der Waals surface area contributed by atoms with Crippen molar-refractivity contribution in [2.75, 3.05) is 10.6 Å². The number of amides is 1. The zero-order valence-electron chi connectivity index (χ0n) is 21.3. The third-order valence-electron chi connectivity index (χ3n) is 6.17. The van der Waals surface area contributed by atoms with Gasteiger partial charge in [-0.2, -0.15) is 4.98 Å². The average Bonchev–Trinajstić information content (AvgIpc) is 3.48. The molecule has 0 fully saturated rings. The van der Waals surface area contributed by atoms with Gasteiger partial charge in [0.25, 0.3) is 5.56 Å². The van der Waals surface area contributed by atoms with Crippen LogP contribution >= 0.6 is 0 Å². The number of anilines is 2. The van der Waals surface area contributed by atoms with Gasteiger partial charge in [0.2, 0.25) is 11.9 Å². The van der Waals surface area contributed by atoms with E-state index in [1.807, 2.05) is 30.3 Å². The minimum atomic E-state index is -0.452. The first-order valence-corrected chi connectivity index (χ1v) is 11.9. The highest BCUT2D eigenvalue weighted by molar-refractivity contribution is 5.90. The summed E-state index contributed by atoms with van der Waals surface area (Å²) in [5, 5.41) is 6.12. The molecule has 10 nitrogen and oxygen atoms in total. The van der Waals surface area contributed by atoms with Gasteiger partial charge in [-0.1, -0.05) is 32.9 Å². The number of rotatable bonds is 8. The number of nitrogens with zero attached hydrogens (tertiary/aromatic N) is 4. The number of fused-ring (bicyclic) bond motifs is 1. The summed E-state index contributed by atoms with van der Waals surface area (Å²) in [6.07, 6.45) is 2.30. The van der Waals surface area contributed by atoms with E-state index in [1.165, 1.54) is 17.2 Å². The fourth-order valence-electron chi connectivity index (χ4n) is 4.05. The van der Waals surface area contributed by atoms with Crippen molar-refractivity contribution >= 4 is 28.7 Å². The van der Waals surface area contributed by atoms with Crippen LogP contribution in [0.3, 0.4) is 0 Å². The van der Waals surface area contributed by atoms with Crippen LogP contribution in [0.5, 0.6) is 0 Å². The van der Waals surface area contributed by atoms with Crippen LogP contribution in [0.1, 0.15) is 44.9 Å². The highest BCUT2D eigenvalue weighted by Crippen LogP contribution is 2.23. The van der Waals surface area contributed by atoms with Crippen LogP contribution < -0.4 is 21.9 Å². The van der Waals surface area contributed by atoms with Crippen molar-refractivity contribution < 1.29 is 9.21 Å². The molecule has 0 saturated heterocycles. The molecule has 4 rings (SSSR count). The second kappa shape index (κ2) is 9.88. The first-order chi connectivity index (χ1) is 17.1. The largest absolute Gasteiger partial charge is 0.467 e. The molecule has 10 heteroatoms. The van der Waals surface area contributed by atoms with Crippen molar-refractivity contribution in [3.8, 4) is 0 Å². The van der Waals surface area contributed by atoms with Crippen molar-refractivity contribution in [1.29, 1.82) is 0 Å². The lowest BCUT2D eigenvalue weighted by molar-refractivity contribution is -0.116. The van der Waals surface area contributed by atoms with Crippen molar-refractivity contribution in [1.82, 2.24) is 18.7 Å². The fourth-order valence-corrected chi connectivity index (χ4v) is 4.05. The van der Waals surface area contributed by atoms with E-state index < -0.39 is 11.2 Å². The molecule has 0 atom stereocenters. The molecule has 0 aliphatic heterocycles. The minimum Gasteiger partial charge on any atom is -0.467 e. The van der Waals surface area contributed by atoms with E-state index in [1.54, 1.807) is 23.9 Å². The summed E-state index contributed by atoms with van der Waals surface area (Å²) in [4.78, 5) is 42.5. The molecule has 2 N–H and O–H groups in total. The van der Waals surface area contributed by atoms with Crippen LogP contribution in [0.2, 0.25) is 0 Å². The molecule has 3 heterocycles. The van der Waals surface area contributed by atoms with Crippen LogP contribution in [0.25, 0.3) is 11.2 Å². The summed E-state index contributed by atoms with van der Waals surface area (Å²) >= 11 is 0. The number of carbonyl (C=O) groups excluding carboxylic acids is 1. The lowest BCUT2D eigenvalue weighted by atomic mass is 9.87. The molecule has 1 aromatic carbocycles. The molecule has 0 unspecified atom stereocenters. The number of aromatic nitrogens is 4. The van der Waals surface area contributed by atoms with Gasteiger partial charge in [0.1, 0.15) is 5.76 Å². The minimum absolute atomic E-state index is 0.0410. The van der Waals surface area contributed by atoms with Crippen molar-refractivity contribution in [3.05, 3.63) is 74.8 Å². The van der Waals surface area contributed by atoms with Gasteiger partial charge >= 0.3 is 5.69 Å². The number of nitrogens with one attached hydrogen (secondary N) is 2. The van der Waals surface area contributed by atoms with Gasteiger partial charge in [-0.3, -0.25) is 18.7 Å². The molecule has 0 spiro atoms. The SMILES string of the molecule is Cn1c(=O)c2c(nc(NCc3ccco3)n2CCCC(=O)Nc2ccc(C(C)(C)C)cc2)n(C)c1=O. The van der Waals surface area contributed by atoms with Crippen molar-refractivity contribution in [2.24, 2.45) is 14.1 Å². The Morgan fingerprint density at radius 1 is 1.06 bits per heavy atom. The average molecular weight is 493 g/mol. The highest BCUT2D eigenvalue weighted by Gasteiger charge is 2.19. The van der Waals surface area contributed by atoms with Crippen LogP contribution in [-0.4, -0.2) is 24.6 Å². The van der Waals surface area contributed by atoms with Gasteiger partial charge in [-0.05, 0) is 41.7 Å².